The smallest absolute Gasteiger partial charge is 0.222 e. The summed E-state index contributed by atoms with van der Waals surface area (Å²) in [6.07, 6.45) is 12.9. The molecular formula is C20H31NO. The van der Waals surface area contributed by atoms with Crippen molar-refractivity contribution in [1.29, 1.82) is 0 Å². The highest BCUT2D eigenvalue weighted by Crippen LogP contribution is 2.19. The fourth-order valence-corrected chi connectivity index (χ4v) is 3.43. The molecule has 0 bridgehead atoms. The first-order valence-corrected chi connectivity index (χ1v) is 9.07. The molecule has 0 radical (unpaired) electrons. The molecule has 1 unspecified atom stereocenters. The number of carbonyl (C=O) groups is 1. The minimum absolute atomic E-state index is 0.346. The molecule has 2 heteroatoms. The highest BCUT2D eigenvalue weighted by Gasteiger charge is 2.19. The molecule has 0 spiro atoms. The molecule has 1 heterocycles. The molecule has 1 aromatic rings. The van der Waals surface area contributed by atoms with Crippen LogP contribution in [-0.4, -0.2) is 23.9 Å². The second-order valence-corrected chi connectivity index (χ2v) is 6.70. The van der Waals surface area contributed by atoms with E-state index in [9.17, 15) is 4.79 Å². The number of carbonyl (C=O) groups excluding carboxylic acids is 1. The Labute approximate surface area is 135 Å². The molecule has 2 rings (SSSR count). The third kappa shape index (κ3) is 5.82. The molecule has 1 saturated heterocycles. The minimum Gasteiger partial charge on any atom is -0.343 e. The SMILES string of the molecule is CN1C(=O)CCCCCCCCCC1CCc1ccccc1. The van der Waals surface area contributed by atoms with Crippen molar-refractivity contribution >= 4 is 5.91 Å². The van der Waals surface area contributed by atoms with Gasteiger partial charge in [-0.2, -0.15) is 0 Å². The number of amides is 1. The van der Waals surface area contributed by atoms with Crippen LogP contribution in [0.25, 0.3) is 0 Å². The largest absolute Gasteiger partial charge is 0.343 e. The van der Waals surface area contributed by atoms with E-state index >= 15 is 0 Å². The molecule has 1 aliphatic rings. The average molecular weight is 301 g/mol. The Kier molecular flexibility index (Phi) is 7.48. The summed E-state index contributed by atoms with van der Waals surface area (Å²) in [5, 5.41) is 0. The Morgan fingerprint density at radius 3 is 2.32 bits per heavy atom. The summed E-state index contributed by atoms with van der Waals surface area (Å²) in [7, 11) is 2.02. The van der Waals surface area contributed by atoms with E-state index in [1.165, 1.54) is 44.1 Å². The van der Waals surface area contributed by atoms with Gasteiger partial charge in [0, 0.05) is 19.5 Å². The number of benzene rings is 1. The molecule has 1 aromatic carbocycles. The van der Waals surface area contributed by atoms with Crippen LogP contribution in [-0.2, 0) is 11.2 Å². The van der Waals surface area contributed by atoms with E-state index in [0.29, 0.717) is 11.9 Å². The zero-order valence-corrected chi connectivity index (χ0v) is 14.1. The molecule has 22 heavy (non-hydrogen) atoms. The molecule has 1 atom stereocenters. The van der Waals surface area contributed by atoms with Crippen molar-refractivity contribution in [3.63, 3.8) is 0 Å². The fraction of sp³-hybridized carbons (Fsp3) is 0.650. The van der Waals surface area contributed by atoms with Crippen LogP contribution < -0.4 is 0 Å². The second-order valence-electron chi connectivity index (χ2n) is 6.70. The van der Waals surface area contributed by atoms with Crippen molar-refractivity contribution in [3.8, 4) is 0 Å². The maximum absolute atomic E-state index is 12.4. The fourth-order valence-electron chi connectivity index (χ4n) is 3.43. The van der Waals surface area contributed by atoms with Gasteiger partial charge < -0.3 is 4.90 Å². The van der Waals surface area contributed by atoms with E-state index in [1.54, 1.807) is 0 Å². The highest BCUT2D eigenvalue weighted by molar-refractivity contribution is 5.76. The molecule has 1 fully saturated rings. The topological polar surface area (TPSA) is 20.3 Å². The Bertz CT molecular complexity index is 429. The summed E-state index contributed by atoms with van der Waals surface area (Å²) in [5.41, 5.74) is 1.38. The van der Waals surface area contributed by atoms with Gasteiger partial charge in [0.2, 0.25) is 5.91 Å². The lowest BCUT2D eigenvalue weighted by molar-refractivity contribution is -0.132. The predicted octanol–water partition coefficient (Wildman–Crippen LogP) is 4.97. The van der Waals surface area contributed by atoms with Gasteiger partial charge in [-0.25, -0.2) is 0 Å². The Morgan fingerprint density at radius 1 is 0.955 bits per heavy atom. The van der Waals surface area contributed by atoms with Crippen molar-refractivity contribution in [2.75, 3.05) is 7.05 Å². The molecule has 0 aromatic heterocycles. The van der Waals surface area contributed by atoms with Crippen LogP contribution in [0.1, 0.15) is 69.8 Å². The molecule has 0 saturated carbocycles. The summed E-state index contributed by atoms with van der Waals surface area (Å²) < 4.78 is 0. The summed E-state index contributed by atoms with van der Waals surface area (Å²) in [5.74, 6) is 0.346. The minimum atomic E-state index is 0.346. The molecule has 1 amide bonds. The first-order valence-electron chi connectivity index (χ1n) is 9.07. The molecule has 122 valence electrons. The Hall–Kier alpha value is -1.31. The highest BCUT2D eigenvalue weighted by atomic mass is 16.2. The number of hydrogen-bond donors (Lipinski definition) is 0. The molecule has 2 nitrogen and oxygen atoms in total. The number of rotatable bonds is 3. The maximum Gasteiger partial charge on any atom is 0.222 e. The van der Waals surface area contributed by atoms with E-state index < -0.39 is 0 Å². The van der Waals surface area contributed by atoms with Crippen LogP contribution in [0.4, 0.5) is 0 Å². The van der Waals surface area contributed by atoms with Gasteiger partial charge in [0.1, 0.15) is 0 Å². The average Bonchev–Trinajstić information content (AvgIpc) is 2.55. The number of hydrogen-bond acceptors (Lipinski definition) is 1. The van der Waals surface area contributed by atoms with E-state index in [2.05, 4.69) is 30.3 Å². The van der Waals surface area contributed by atoms with Crippen LogP contribution in [0.3, 0.4) is 0 Å². The molecule has 0 N–H and O–H groups in total. The van der Waals surface area contributed by atoms with Crippen molar-refractivity contribution in [2.24, 2.45) is 0 Å². The standard InChI is InChI=1S/C20H31NO/c1-21-19(17-16-18-12-8-7-9-13-18)14-10-5-3-2-4-6-11-15-20(21)22/h7-9,12-13,19H,2-6,10-11,14-17H2,1H3. The van der Waals surface area contributed by atoms with Crippen molar-refractivity contribution in [3.05, 3.63) is 35.9 Å². The van der Waals surface area contributed by atoms with E-state index in [-0.39, 0.29) is 0 Å². The van der Waals surface area contributed by atoms with Gasteiger partial charge in [0.15, 0.2) is 0 Å². The van der Waals surface area contributed by atoms with Gasteiger partial charge >= 0.3 is 0 Å². The van der Waals surface area contributed by atoms with Gasteiger partial charge in [-0.15, -0.1) is 0 Å². The first kappa shape index (κ1) is 17.1. The van der Waals surface area contributed by atoms with Crippen LogP contribution in [0.2, 0.25) is 0 Å². The molecule has 0 aliphatic carbocycles. The monoisotopic (exact) mass is 301 g/mol. The van der Waals surface area contributed by atoms with Gasteiger partial charge in [-0.3, -0.25) is 4.79 Å². The van der Waals surface area contributed by atoms with Crippen LogP contribution >= 0.6 is 0 Å². The van der Waals surface area contributed by atoms with Crippen LogP contribution in [0.15, 0.2) is 30.3 Å². The van der Waals surface area contributed by atoms with Crippen molar-refractivity contribution < 1.29 is 4.79 Å². The third-order valence-corrected chi connectivity index (χ3v) is 4.98. The Morgan fingerprint density at radius 2 is 1.59 bits per heavy atom. The zero-order valence-electron chi connectivity index (χ0n) is 14.1. The van der Waals surface area contributed by atoms with Crippen LogP contribution in [0, 0.1) is 0 Å². The molecule has 1 aliphatic heterocycles. The summed E-state index contributed by atoms with van der Waals surface area (Å²) >= 11 is 0. The maximum atomic E-state index is 12.4. The van der Waals surface area contributed by atoms with Gasteiger partial charge in [-0.1, -0.05) is 68.9 Å². The van der Waals surface area contributed by atoms with Gasteiger partial charge in [0.05, 0.1) is 0 Å². The first-order chi connectivity index (χ1) is 10.8. The van der Waals surface area contributed by atoms with E-state index in [0.717, 1.165) is 32.1 Å². The normalized spacial score (nSPS) is 22.0. The Balaban J connectivity index is 1.91. The lowest BCUT2D eigenvalue weighted by Crippen LogP contribution is -2.37. The summed E-state index contributed by atoms with van der Waals surface area (Å²) in [6.45, 7) is 0. The second kappa shape index (κ2) is 9.66. The third-order valence-electron chi connectivity index (χ3n) is 4.98. The van der Waals surface area contributed by atoms with Gasteiger partial charge in [-0.05, 0) is 31.2 Å². The van der Waals surface area contributed by atoms with E-state index in [4.69, 9.17) is 0 Å². The van der Waals surface area contributed by atoms with Gasteiger partial charge in [0.25, 0.3) is 0 Å². The number of nitrogens with zero attached hydrogens (tertiary/aromatic N) is 1. The summed E-state index contributed by atoms with van der Waals surface area (Å²) in [6, 6.07) is 11.1. The van der Waals surface area contributed by atoms with E-state index in [1.807, 2.05) is 11.9 Å². The van der Waals surface area contributed by atoms with Crippen LogP contribution in [0.5, 0.6) is 0 Å². The lowest BCUT2D eigenvalue weighted by atomic mass is 9.97. The van der Waals surface area contributed by atoms with Crippen molar-refractivity contribution in [1.82, 2.24) is 4.90 Å². The number of aryl methyl sites for hydroxylation is 1. The quantitative estimate of drug-likeness (QED) is 0.772. The zero-order chi connectivity index (χ0) is 15.6. The molecular weight excluding hydrogens is 270 g/mol. The van der Waals surface area contributed by atoms with Crippen molar-refractivity contribution in [2.45, 2.75) is 76.7 Å². The lowest BCUT2D eigenvalue weighted by Gasteiger charge is -2.29. The predicted molar refractivity (Wildman–Crippen MR) is 92.9 cm³/mol. The summed E-state index contributed by atoms with van der Waals surface area (Å²) in [4.78, 5) is 14.4.